The Kier molecular flexibility index (Phi) is 4.38. The van der Waals surface area contributed by atoms with E-state index in [4.69, 9.17) is 4.52 Å². The first-order valence-electron chi connectivity index (χ1n) is 8.10. The lowest BCUT2D eigenvalue weighted by Crippen LogP contribution is -2.24. The van der Waals surface area contributed by atoms with Crippen molar-refractivity contribution < 1.29 is 9.32 Å². The summed E-state index contributed by atoms with van der Waals surface area (Å²) in [5.41, 5.74) is 1.02. The van der Waals surface area contributed by atoms with Crippen molar-refractivity contribution in [2.45, 2.75) is 70.1 Å². The van der Waals surface area contributed by atoms with Gasteiger partial charge in [0.25, 0.3) is 0 Å². The highest BCUT2D eigenvalue weighted by Gasteiger charge is 2.23. The molecule has 1 N–H and O–H groups in total. The van der Waals surface area contributed by atoms with Gasteiger partial charge >= 0.3 is 0 Å². The molecular weight excluding hydrogens is 252 g/mol. The van der Waals surface area contributed by atoms with E-state index in [9.17, 15) is 4.79 Å². The van der Waals surface area contributed by atoms with E-state index in [1.807, 2.05) is 6.07 Å². The summed E-state index contributed by atoms with van der Waals surface area (Å²) < 4.78 is 5.30. The number of anilines is 1. The molecule has 0 bridgehead atoms. The Morgan fingerprint density at radius 2 is 1.70 bits per heavy atom. The number of hydrogen-bond donors (Lipinski definition) is 1. The molecule has 2 aliphatic rings. The van der Waals surface area contributed by atoms with Gasteiger partial charge in [-0.2, -0.15) is 0 Å². The molecule has 2 saturated carbocycles. The Bertz CT molecular complexity index is 443. The van der Waals surface area contributed by atoms with Crippen LogP contribution in [-0.4, -0.2) is 11.1 Å². The van der Waals surface area contributed by atoms with E-state index in [-0.39, 0.29) is 11.8 Å². The first kappa shape index (κ1) is 13.7. The van der Waals surface area contributed by atoms with E-state index in [1.165, 1.54) is 51.4 Å². The first-order valence-corrected chi connectivity index (χ1v) is 8.10. The van der Waals surface area contributed by atoms with E-state index in [1.54, 1.807) is 0 Å². The van der Waals surface area contributed by atoms with E-state index in [0.29, 0.717) is 11.8 Å². The van der Waals surface area contributed by atoms with Gasteiger partial charge in [0, 0.05) is 17.9 Å². The van der Waals surface area contributed by atoms with E-state index >= 15 is 0 Å². The zero-order valence-electron chi connectivity index (χ0n) is 12.1. The molecule has 0 spiro atoms. The Morgan fingerprint density at radius 3 is 2.40 bits per heavy atom. The van der Waals surface area contributed by atoms with Crippen molar-refractivity contribution in [2.24, 2.45) is 5.92 Å². The lowest BCUT2D eigenvalue weighted by molar-refractivity contribution is -0.120. The molecule has 2 aliphatic carbocycles. The van der Waals surface area contributed by atoms with Crippen LogP contribution in [0.15, 0.2) is 10.6 Å². The van der Waals surface area contributed by atoms with Gasteiger partial charge in [0.1, 0.15) is 0 Å². The number of aromatic nitrogens is 1. The van der Waals surface area contributed by atoms with Crippen molar-refractivity contribution in [2.75, 3.05) is 5.32 Å². The summed E-state index contributed by atoms with van der Waals surface area (Å²) in [6.07, 6.45) is 11.9. The van der Waals surface area contributed by atoms with Crippen molar-refractivity contribution >= 4 is 11.8 Å². The Balaban J connectivity index is 1.57. The molecular formula is C16H24N2O2. The third kappa shape index (κ3) is 3.22. The molecule has 110 valence electrons. The number of carbonyl (C=O) groups is 1. The Labute approximate surface area is 120 Å². The van der Waals surface area contributed by atoms with Gasteiger partial charge in [-0.25, -0.2) is 0 Å². The summed E-state index contributed by atoms with van der Waals surface area (Å²) in [6.45, 7) is 0. The largest absolute Gasteiger partial charge is 0.338 e. The molecule has 4 nitrogen and oxygen atoms in total. The lowest BCUT2D eigenvalue weighted by atomic mass is 9.87. The van der Waals surface area contributed by atoms with Crippen molar-refractivity contribution in [1.82, 2.24) is 5.16 Å². The summed E-state index contributed by atoms with van der Waals surface area (Å²) in [5, 5.41) is 7.05. The summed E-state index contributed by atoms with van der Waals surface area (Å²) in [7, 11) is 0. The van der Waals surface area contributed by atoms with Crippen LogP contribution < -0.4 is 5.32 Å². The Hall–Kier alpha value is -1.32. The maximum atomic E-state index is 12.2. The molecule has 0 atom stereocenters. The number of hydrogen-bond acceptors (Lipinski definition) is 3. The topological polar surface area (TPSA) is 55.1 Å². The monoisotopic (exact) mass is 276 g/mol. The van der Waals surface area contributed by atoms with Crippen molar-refractivity contribution in [1.29, 1.82) is 0 Å². The van der Waals surface area contributed by atoms with Gasteiger partial charge in [0.05, 0.1) is 5.69 Å². The third-order valence-corrected chi connectivity index (χ3v) is 4.77. The highest BCUT2D eigenvalue weighted by atomic mass is 16.5. The van der Waals surface area contributed by atoms with Crippen LogP contribution in [0.5, 0.6) is 0 Å². The fourth-order valence-electron chi connectivity index (χ4n) is 3.53. The number of amides is 1. The van der Waals surface area contributed by atoms with Gasteiger partial charge in [-0.3, -0.25) is 10.1 Å². The number of rotatable bonds is 3. The predicted octanol–water partition coefficient (Wildman–Crippen LogP) is 4.24. The maximum absolute atomic E-state index is 12.2. The number of nitrogens with one attached hydrogen (secondary N) is 1. The van der Waals surface area contributed by atoms with Gasteiger partial charge < -0.3 is 4.52 Å². The highest BCUT2D eigenvalue weighted by molar-refractivity contribution is 5.91. The summed E-state index contributed by atoms with van der Waals surface area (Å²) in [4.78, 5) is 12.2. The lowest BCUT2D eigenvalue weighted by Gasteiger charge is -2.19. The molecule has 1 amide bonds. The minimum atomic E-state index is 0.107. The average Bonchev–Trinajstić information content (AvgIpc) is 2.97. The molecule has 20 heavy (non-hydrogen) atoms. The highest BCUT2D eigenvalue weighted by Crippen LogP contribution is 2.33. The molecule has 0 aromatic carbocycles. The molecule has 1 heterocycles. The second kappa shape index (κ2) is 6.42. The molecule has 3 rings (SSSR count). The fraction of sp³-hybridized carbons (Fsp3) is 0.750. The second-order valence-corrected chi connectivity index (χ2v) is 6.28. The van der Waals surface area contributed by atoms with E-state index in [2.05, 4.69) is 10.5 Å². The molecule has 1 aromatic rings. The van der Waals surface area contributed by atoms with Crippen molar-refractivity contribution in [3.63, 3.8) is 0 Å². The van der Waals surface area contributed by atoms with Crippen molar-refractivity contribution in [3.05, 3.63) is 11.8 Å². The summed E-state index contributed by atoms with van der Waals surface area (Å²) in [5.74, 6) is 1.32. The standard InChI is InChI=1S/C16H24N2O2/c19-16(13-9-5-2-6-10-13)17-15-11-14(18-20-15)12-7-3-1-4-8-12/h11-13H,1-10H2,(H,17,19). The third-order valence-electron chi connectivity index (χ3n) is 4.77. The van der Waals surface area contributed by atoms with Crippen molar-refractivity contribution in [3.8, 4) is 0 Å². The van der Waals surface area contributed by atoms with Crippen LogP contribution in [-0.2, 0) is 4.79 Å². The number of carbonyl (C=O) groups excluding carboxylic acids is 1. The smallest absolute Gasteiger partial charge is 0.231 e. The van der Waals surface area contributed by atoms with E-state index < -0.39 is 0 Å². The van der Waals surface area contributed by atoms with Crippen LogP contribution in [0.25, 0.3) is 0 Å². The molecule has 0 saturated heterocycles. The maximum Gasteiger partial charge on any atom is 0.231 e. The minimum absolute atomic E-state index is 0.107. The average molecular weight is 276 g/mol. The SMILES string of the molecule is O=C(Nc1cc(C2CCCCC2)no1)C1CCCCC1. The zero-order valence-corrected chi connectivity index (χ0v) is 12.1. The van der Waals surface area contributed by atoms with Gasteiger partial charge in [-0.05, 0) is 25.7 Å². The zero-order chi connectivity index (χ0) is 13.8. The molecule has 4 heteroatoms. The van der Waals surface area contributed by atoms with Gasteiger partial charge in [-0.15, -0.1) is 0 Å². The van der Waals surface area contributed by atoms with Crippen LogP contribution in [0.3, 0.4) is 0 Å². The van der Waals surface area contributed by atoms with Crippen LogP contribution in [0, 0.1) is 5.92 Å². The first-order chi connectivity index (χ1) is 9.83. The molecule has 0 unspecified atom stereocenters. The Morgan fingerprint density at radius 1 is 1.05 bits per heavy atom. The van der Waals surface area contributed by atoms with Crippen LogP contribution in [0.4, 0.5) is 5.88 Å². The van der Waals surface area contributed by atoms with Crippen LogP contribution in [0.1, 0.15) is 75.8 Å². The number of nitrogens with zero attached hydrogens (tertiary/aromatic N) is 1. The van der Waals surface area contributed by atoms with Gasteiger partial charge in [0.2, 0.25) is 11.8 Å². The second-order valence-electron chi connectivity index (χ2n) is 6.28. The van der Waals surface area contributed by atoms with Crippen LogP contribution >= 0.6 is 0 Å². The summed E-state index contributed by atoms with van der Waals surface area (Å²) >= 11 is 0. The van der Waals surface area contributed by atoms with E-state index in [0.717, 1.165) is 18.5 Å². The fourth-order valence-corrected chi connectivity index (χ4v) is 3.53. The quantitative estimate of drug-likeness (QED) is 0.898. The molecule has 0 radical (unpaired) electrons. The normalized spacial score (nSPS) is 21.8. The molecule has 0 aliphatic heterocycles. The van der Waals surface area contributed by atoms with Gasteiger partial charge in [-0.1, -0.05) is 43.7 Å². The molecule has 1 aromatic heterocycles. The predicted molar refractivity (Wildman–Crippen MR) is 77.5 cm³/mol. The minimum Gasteiger partial charge on any atom is -0.338 e. The van der Waals surface area contributed by atoms with Gasteiger partial charge in [0.15, 0.2) is 0 Å². The molecule has 2 fully saturated rings. The van der Waals surface area contributed by atoms with Crippen LogP contribution in [0.2, 0.25) is 0 Å². The summed E-state index contributed by atoms with van der Waals surface area (Å²) in [6, 6.07) is 1.93.